The third-order valence-electron chi connectivity index (χ3n) is 3.87. The van der Waals surface area contributed by atoms with Crippen LogP contribution in [0.3, 0.4) is 0 Å². The van der Waals surface area contributed by atoms with Crippen LogP contribution in [-0.2, 0) is 11.2 Å². The lowest BCUT2D eigenvalue weighted by molar-refractivity contribution is -0.130. The fourth-order valence-electron chi connectivity index (χ4n) is 2.58. The Morgan fingerprint density at radius 2 is 2.32 bits per heavy atom. The van der Waals surface area contributed by atoms with Gasteiger partial charge in [-0.25, -0.2) is 0 Å². The van der Waals surface area contributed by atoms with Crippen LogP contribution in [0, 0.1) is 12.8 Å². The van der Waals surface area contributed by atoms with E-state index < -0.39 is 0 Å². The van der Waals surface area contributed by atoms with Crippen LogP contribution in [0.25, 0.3) is 0 Å². The summed E-state index contributed by atoms with van der Waals surface area (Å²) in [4.78, 5) is 14.0. The first-order valence-corrected chi connectivity index (χ1v) is 7.15. The van der Waals surface area contributed by atoms with Gasteiger partial charge in [0.15, 0.2) is 0 Å². The SMILES string of the molecule is Cc1cccc(CCN(C)C(=O)CC2CCNC2)c1. The summed E-state index contributed by atoms with van der Waals surface area (Å²) in [6.45, 7) is 4.97. The van der Waals surface area contributed by atoms with Gasteiger partial charge in [0.05, 0.1) is 0 Å². The zero-order chi connectivity index (χ0) is 13.7. The van der Waals surface area contributed by atoms with Crippen molar-refractivity contribution in [2.75, 3.05) is 26.7 Å². The highest BCUT2D eigenvalue weighted by Crippen LogP contribution is 2.13. The average molecular weight is 260 g/mol. The number of carbonyl (C=O) groups is 1. The standard InChI is InChI=1S/C16H24N2O/c1-13-4-3-5-14(10-13)7-9-18(2)16(19)11-15-6-8-17-12-15/h3-5,10,15,17H,6-9,11-12H2,1-2H3. The third-order valence-corrected chi connectivity index (χ3v) is 3.87. The Morgan fingerprint density at radius 3 is 3.00 bits per heavy atom. The van der Waals surface area contributed by atoms with Gasteiger partial charge in [-0.15, -0.1) is 0 Å². The molecule has 1 aromatic rings. The Kier molecular flexibility index (Phi) is 4.97. The van der Waals surface area contributed by atoms with Crippen LogP contribution in [-0.4, -0.2) is 37.5 Å². The maximum atomic E-state index is 12.1. The maximum Gasteiger partial charge on any atom is 0.222 e. The molecule has 1 saturated heterocycles. The molecule has 2 rings (SSSR count). The fourth-order valence-corrected chi connectivity index (χ4v) is 2.58. The van der Waals surface area contributed by atoms with Gasteiger partial charge in [0.25, 0.3) is 0 Å². The zero-order valence-corrected chi connectivity index (χ0v) is 12.0. The van der Waals surface area contributed by atoms with Crippen LogP contribution in [0.2, 0.25) is 0 Å². The molecule has 1 aliphatic heterocycles. The molecule has 104 valence electrons. The number of likely N-dealkylation sites (N-methyl/N-ethyl adjacent to an activating group) is 1. The molecule has 3 heteroatoms. The van der Waals surface area contributed by atoms with Crippen molar-refractivity contribution < 1.29 is 4.79 Å². The van der Waals surface area contributed by atoms with Gasteiger partial charge in [0.1, 0.15) is 0 Å². The minimum absolute atomic E-state index is 0.279. The van der Waals surface area contributed by atoms with Gasteiger partial charge >= 0.3 is 0 Å². The van der Waals surface area contributed by atoms with E-state index in [0.717, 1.165) is 32.5 Å². The second kappa shape index (κ2) is 6.71. The molecule has 0 radical (unpaired) electrons. The minimum atomic E-state index is 0.279. The lowest BCUT2D eigenvalue weighted by Crippen LogP contribution is -2.30. The quantitative estimate of drug-likeness (QED) is 0.878. The number of benzene rings is 1. The summed E-state index contributed by atoms with van der Waals surface area (Å²) in [5.74, 6) is 0.815. The van der Waals surface area contributed by atoms with Crippen LogP contribution >= 0.6 is 0 Å². The molecule has 1 amide bonds. The minimum Gasteiger partial charge on any atom is -0.345 e. The van der Waals surface area contributed by atoms with E-state index in [9.17, 15) is 4.79 Å². The first kappa shape index (κ1) is 14.1. The van der Waals surface area contributed by atoms with E-state index in [-0.39, 0.29) is 5.91 Å². The molecule has 1 N–H and O–H groups in total. The molecular formula is C16H24N2O. The Hall–Kier alpha value is -1.35. The molecule has 1 aromatic carbocycles. The summed E-state index contributed by atoms with van der Waals surface area (Å²) in [5.41, 5.74) is 2.59. The molecule has 0 saturated carbocycles. The average Bonchev–Trinajstić information content (AvgIpc) is 2.89. The Balaban J connectivity index is 1.76. The molecule has 0 aromatic heterocycles. The van der Waals surface area contributed by atoms with Gasteiger partial charge in [-0.1, -0.05) is 29.8 Å². The van der Waals surface area contributed by atoms with Crippen molar-refractivity contribution in [1.82, 2.24) is 10.2 Å². The van der Waals surface area contributed by atoms with Crippen molar-refractivity contribution in [3.63, 3.8) is 0 Å². The van der Waals surface area contributed by atoms with Gasteiger partial charge in [-0.05, 0) is 44.3 Å². The molecule has 1 atom stereocenters. The number of nitrogens with one attached hydrogen (secondary N) is 1. The van der Waals surface area contributed by atoms with Gasteiger partial charge in [-0.3, -0.25) is 4.79 Å². The third kappa shape index (κ3) is 4.35. The normalized spacial score (nSPS) is 18.5. The molecule has 1 heterocycles. The van der Waals surface area contributed by atoms with Crippen LogP contribution in [0.15, 0.2) is 24.3 Å². The molecular weight excluding hydrogens is 236 g/mol. The number of hydrogen-bond donors (Lipinski definition) is 1. The van der Waals surface area contributed by atoms with Crippen LogP contribution in [0.5, 0.6) is 0 Å². The molecule has 0 spiro atoms. The number of rotatable bonds is 5. The maximum absolute atomic E-state index is 12.1. The van der Waals surface area contributed by atoms with Crippen LogP contribution < -0.4 is 5.32 Å². The molecule has 0 bridgehead atoms. The number of nitrogens with zero attached hydrogens (tertiary/aromatic N) is 1. The summed E-state index contributed by atoms with van der Waals surface area (Å²) in [6.07, 6.45) is 2.77. The Bertz CT molecular complexity index is 425. The summed E-state index contributed by atoms with van der Waals surface area (Å²) in [6, 6.07) is 8.51. The van der Waals surface area contributed by atoms with Gasteiger partial charge in [0, 0.05) is 20.0 Å². The molecule has 0 aliphatic carbocycles. The predicted molar refractivity (Wildman–Crippen MR) is 78.1 cm³/mol. The van der Waals surface area contributed by atoms with E-state index in [1.165, 1.54) is 11.1 Å². The van der Waals surface area contributed by atoms with Gasteiger partial charge in [0.2, 0.25) is 5.91 Å². The fraction of sp³-hybridized carbons (Fsp3) is 0.562. The number of carbonyl (C=O) groups excluding carboxylic acids is 1. The Labute approximate surface area is 116 Å². The molecule has 3 nitrogen and oxygen atoms in total. The van der Waals surface area contributed by atoms with Crippen molar-refractivity contribution in [3.8, 4) is 0 Å². The van der Waals surface area contributed by atoms with E-state index in [1.54, 1.807) is 0 Å². The highest BCUT2D eigenvalue weighted by Gasteiger charge is 2.19. The summed E-state index contributed by atoms with van der Waals surface area (Å²) >= 11 is 0. The van der Waals surface area contributed by atoms with Crippen molar-refractivity contribution >= 4 is 5.91 Å². The molecule has 19 heavy (non-hydrogen) atoms. The van der Waals surface area contributed by atoms with Crippen LogP contribution in [0.1, 0.15) is 24.0 Å². The topological polar surface area (TPSA) is 32.3 Å². The number of hydrogen-bond acceptors (Lipinski definition) is 2. The van der Waals surface area contributed by atoms with Gasteiger partial charge in [-0.2, -0.15) is 0 Å². The predicted octanol–water partition coefficient (Wildman–Crippen LogP) is 2.00. The zero-order valence-electron chi connectivity index (χ0n) is 12.0. The smallest absolute Gasteiger partial charge is 0.222 e. The summed E-state index contributed by atoms with van der Waals surface area (Å²) < 4.78 is 0. The van der Waals surface area contributed by atoms with Crippen molar-refractivity contribution in [2.45, 2.75) is 26.2 Å². The molecule has 1 aliphatic rings. The van der Waals surface area contributed by atoms with Crippen molar-refractivity contribution in [3.05, 3.63) is 35.4 Å². The molecule has 1 fully saturated rings. The number of aryl methyl sites for hydroxylation is 1. The van der Waals surface area contributed by atoms with E-state index in [2.05, 4.69) is 36.5 Å². The largest absolute Gasteiger partial charge is 0.345 e. The van der Waals surface area contributed by atoms with Crippen LogP contribution in [0.4, 0.5) is 0 Å². The summed E-state index contributed by atoms with van der Waals surface area (Å²) in [7, 11) is 1.92. The highest BCUT2D eigenvalue weighted by molar-refractivity contribution is 5.76. The highest BCUT2D eigenvalue weighted by atomic mass is 16.2. The lowest BCUT2D eigenvalue weighted by atomic mass is 10.0. The van der Waals surface area contributed by atoms with E-state index in [0.29, 0.717) is 12.3 Å². The van der Waals surface area contributed by atoms with E-state index in [1.807, 2.05) is 11.9 Å². The first-order valence-electron chi connectivity index (χ1n) is 7.15. The molecule has 1 unspecified atom stereocenters. The van der Waals surface area contributed by atoms with E-state index >= 15 is 0 Å². The second-order valence-corrected chi connectivity index (χ2v) is 5.62. The van der Waals surface area contributed by atoms with Gasteiger partial charge < -0.3 is 10.2 Å². The second-order valence-electron chi connectivity index (χ2n) is 5.62. The summed E-state index contributed by atoms with van der Waals surface area (Å²) in [5, 5.41) is 3.31. The lowest BCUT2D eigenvalue weighted by Gasteiger charge is -2.19. The van der Waals surface area contributed by atoms with Crippen molar-refractivity contribution in [2.24, 2.45) is 5.92 Å². The first-order chi connectivity index (χ1) is 9.15. The monoisotopic (exact) mass is 260 g/mol. The van der Waals surface area contributed by atoms with Crippen molar-refractivity contribution in [1.29, 1.82) is 0 Å². The Morgan fingerprint density at radius 1 is 1.47 bits per heavy atom. The van der Waals surface area contributed by atoms with E-state index in [4.69, 9.17) is 0 Å². The number of amides is 1.